The quantitative estimate of drug-likeness (QED) is 0.620. The van der Waals surface area contributed by atoms with Crippen LogP contribution >= 0.6 is 0 Å². The molecule has 2 aromatic carbocycles. The summed E-state index contributed by atoms with van der Waals surface area (Å²) in [5.41, 5.74) is 3.57. The Morgan fingerprint density at radius 1 is 1.03 bits per heavy atom. The van der Waals surface area contributed by atoms with Gasteiger partial charge < -0.3 is 14.5 Å². The van der Waals surface area contributed by atoms with E-state index in [2.05, 4.69) is 28.2 Å². The first kappa shape index (κ1) is 20.0. The lowest BCUT2D eigenvalue weighted by Gasteiger charge is -2.31. The third-order valence-corrected chi connectivity index (χ3v) is 5.57. The van der Waals surface area contributed by atoms with Crippen molar-refractivity contribution in [2.75, 3.05) is 32.1 Å². The number of carbonyl (C=O) groups excluding carboxylic acids is 1. The minimum atomic E-state index is -0.157. The lowest BCUT2D eigenvalue weighted by atomic mass is 10.1. The number of carbonyl (C=O) groups is 1. The maximum absolute atomic E-state index is 13.2. The average molecular weight is 405 g/mol. The van der Waals surface area contributed by atoms with Crippen LogP contribution in [0.2, 0.25) is 0 Å². The molecule has 6 heteroatoms. The maximum Gasteiger partial charge on any atom is 0.278 e. The molecule has 1 saturated heterocycles. The number of nitrogens with zero attached hydrogens (tertiary/aromatic N) is 4. The average Bonchev–Trinajstić information content (AvgIpc) is 3.24. The number of amides is 1. The second-order valence-electron chi connectivity index (χ2n) is 7.66. The third kappa shape index (κ3) is 4.17. The first-order valence-corrected chi connectivity index (χ1v) is 10.4. The number of ether oxygens (including phenoxy) is 1. The van der Waals surface area contributed by atoms with Crippen LogP contribution in [0, 0.1) is 0 Å². The maximum atomic E-state index is 13.2. The number of para-hydroxylation sites is 2. The Balaban J connectivity index is 1.56. The Morgan fingerprint density at radius 2 is 1.73 bits per heavy atom. The van der Waals surface area contributed by atoms with Crippen LogP contribution in [0.3, 0.4) is 0 Å². The van der Waals surface area contributed by atoms with Crippen molar-refractivity contribution in [1.82, 2.24) is 14.7 Å². The molecule has 0 atom stereocenters. The minimum Gasteiger partial charge on any atom is -0.493 e. The largest absolute Gasteiger partial charge is 0.493 e. The second-order valence-corrected chi connectivity index (χ2v) is 7.66. The summed E-state index contributed by atoms with van der Waals surface area (Å²) in [7, 11) is 3.38. The fourth-order valence-electron chi connectivity index (χ4n) is 3.96. The predicted octanol–water partition coefficient (Wildman–Crippen LogP) is 4.14. The van der Waals surface area contributed by atoms with Gasteiger partial charge in [-0.25, -0.2) is 4.68 Å². The predicted molar refractivity (Wildman–Crippen MR) is 118 cm³/mol. The molecule has 0 bridgehead atoms. The number of benzene rings is 2. The molecule has 4 rings (SSSR count). The number of piperidine rings is 1. The molecule has 0 unspecified atom stereocenters. The smallest absolute Gasteiger partial charge is 0.278 e. The minimum absolute atomic E-state index is 0.157. The van der Waals surface area contributed by atoms with Gasteiger partial charge in [0.25, 0.3) is 5.91 Å². The van der Waals surface area contributed by atoms with E-state index in [-0.39, 0.29) is 5.91 Å². The molecule has 0 spiro atoms. The van der Waals surface area contributed by atoms with Crippen LogP contribution in [0.4, 0.5) is 5.69 Å². The number of aromatic nitrogens is 2. The molecule has 156 valence electrons. The van der Waals surface area contributed by atoms with Crippen molar-refractivity contribution in [3.63, 3.8) is 0 Å². The van der Waals surface area contributed by atoms with Crippen molar-refractivity contribution < 1.29 is 9.53 Å². The van der Waals surface area contributed by atoms with Crippen LogP contribution in [0.25, 0.3) is 5.69 Å². The van der Waals surface area contributed by atoms with Crippen LogP contribution in [-0.4, -0.2) is 47.8 Å². The number of hydrogen-bond acceptors (Lipinski definition) is 4. The summed E-state index contributed by atoms with van der Waals surface area (Å²) >= 11 is 0. The van der Waals surface area contributed by atoms with E-state index in [1.54, 1.807) is 22.9 Å². The normalized spacial score (nSPS) is 13.9. The molecule has 0 aliphatic carbocycles. The monoisotopic (exact) mass is 404 g/mol. The third-order valence-electron chi connectivity index (χ3n) is 5.57. The van der Waals surface area contributed by atoms with Crippen molar-refractivity contribution in [2.45, 2.75) is 25.8 Å². The van der Waals surface area contributed by atoms with Gasteiger partial charge in [0.15, 0.2) is 11.4 Å². The molecule has 1 aliphatic heterocycles. The van der Waals surface area contributed by atoms with Crippen LogP contribution in [0.1, 0.15) is 35.3 Å². The lowest BCUT2D eigenvalue weighted by Crippen LogP contribution is -2.32. The molecule has 0 saturated carbocycles. The van der Waals surface area contributed by atoms with Gasteiger partial charge in [-0.1, -0.05) is 36.4 Å². The molecular weight excluding hydrogens is 376 g/mol. The van der Waals surface area contributed by atoms with Crippen LogP contribution in [0.15, 0.2) is 60.8 Å². The van der Waals surface area contributed by atoms with E-state index in [1.165, 1.54) is 24.9 Å². The van der Waals surface area contributed by atoms with E-state index in [0.29, 0.717) is 18.0 Å². The summed E-state index contributed by atoms with van der Waals surface area (Å²) in [5, 5.41) is 4.52. The van der Waals surface area contributed by atoms with Crippen LogP contribution in [0.5, 0.6) is 5.75 Å². The van der Waals surface area contributed by atoms with Gasteiger partial charge in [0.1, 0.15) is 0 Å². The Morgan fingerprint density at radius 3 is 2.47 bits per heavy atom. The summed E-state index contributed by atoms with van der Waals surface area (Å²) < 4.78 is 7.13. The number of hydrogen-bond donors (Lipinski definition) is 0. The van der Waals surface area contributed by atoms with E-state index in [4.69, 9.17) is 4.74 Å². The van der Waals surface area contributed by atoms with Crippen molar-refractivity contribution in [3.05, 3.63) is 72.1 Å². The molecule has 30 heavy (non-hydrogen) atoms. The van der Waals surface area contributed by atoms with E-state index in [9.17, 15) is 4.79 Å². The Kier molecular flexibility index (Phi) is 6.02. The highest BCUT2D eigenvalue weighted by molar-refractivity contribution is 5.94. The zero-order valence-corrected chi connectivity index (χ0v) is 17.6. The molecule has 0 N–H and O–H groups in total. The molecule has 6 nitrogen and oxygen atoms in total. The highest BCUT2D eigenvalue weighted by atomic mass is 16.5. The van der Waals surface area contributed by atoms with E-state index in [1.807, 2.05) is 43.4 Å². The Bertz CT molecular complexity index is 993. The highest BCUT2D eigenvalue weighted by Gasteiger charge is 2.23. The van der Waals surface area contributed by atoms with Crippen molar-refractivity contribution in [3.8, 4) is 11.4 Å². The standard InChI is InChI=1S/C24H28N4O2/c1-26(17-19-11-7-8-14-21(19)27-15-9-4-10-16-27)24(29)23-22(30-2)18-28(25-23)20-12-5-3-6-13-20/h3,5-8,11-14,18H,4,9-10,15-17H2,1-2H3. The van der Waals surface area contributed by atoms with Gasteiger partial charge in [0.05, 0.1) is 19.0 Å². The molecular formula is C24H28N4O2. The van der Waals surface area contributed by atoms with Gasteiger partial charge in [-0.15, -0.1) is 0 Å². The fourth-order valence-corrected chi connectivity index (χ4v) is 3.96. The van der Waals surface area contributed by atoms with Gasteiger partial charge in [0, 0.05) is 32.4 Å². The van der Waals surface area contributed by atoms with Gasteiger partial charge in [0.2, 0.25) is 0 Å². The van der Waals surface area contributed by atoms with Crippen molar-refractivity contribution >= 4 is 11.6 Å². The van der Waals surface area contributed by atoms with Crippen LogP contribution in [-0.2, 0) is 6.54 Å². The summed E-state index contributed by atoms with van der Waals surface area (Å²) in [6.45, 7) is 2.67. The molecule has 1 aliphatic rings. The van der Waals surface area contributed by atoms with Gasteiger partial charge >= 0.3 is 0 Å². The Hall–Kier alpha value is -3.28. The van der Waals surface area contributed by atoms with E-state index in [0.717, 1.165) is 24.3 Å². The van der Waals surface area contributed by atoms with Crippen molar-refractivity contribution in [2.24, 2.45) is 0 Å². The SMILES string of the molecule is COc1cn(-c2ccccc2)nc1C(=O)N(C)Cc1ccccc1N1CCCCC1. The summed E-state index contributed by atoms with van der Waals surface area (Å²) in [6, 6.07) is 18.1. The van der Waals surface area contributed by atoms with Gasteiger partial charge in [-0.05, 0) is 43.0 Å². The first-order valence-electron chi connectivity index (χ1n) is 10.4. The summed E-state index contributed by atoms with van der Waals surface area (Å²) in [4.78, 5) is 17.4. The van der Waals surface area contributed by atoms with Crippen LogP contribution < -0.4 is 9.64 Å². The molecule has 2 heterocycles. The van der Waals surface area contributed by atoms with E-state index >= 15 is 0 Å². The molecule has 1 fully saturated rings. The number of anilines is 1. The molecule has 3 aromatic rings. The van der Waals surface area contributed by atoms with E-state index < -0.39 is 0 Å². The Labute approximate surface area is 177 Å². The summed E-state index contributed by atoms with van der Waals surface area (Å²) in [6.07, 6.45) is 5.48. The van der Waals surface area contributed by atoms with Gasteiger partial charge in [-0.2, -0.15) is 5.10 Å². The zero-order valence-electron chi connectivity index (χ0n) is 17.6. The lowest BCUT2D eigenvalue weighted by molar-refractivity contribution is 0.0775. The molecule has 0 radical (unpaired) electrons. The van der Waals surface area contributed by atoms with Gasteiger partial charge in [-0.3, -0.25) is 4.79 Å². The first-order chi connectivity index (χ1) is 14.7. The molecule has 1 amide bonds. The number of rotatable bonds is 6. The molecule has 1 aromatic heterocycles. The highest BCUT2D eigenvalue weighted by Crippen LogP contribution is 2.26. The summed E-state index contributed by atoms with van der Waals surface area (Å²) in [5.74, 6) is 0.315. The number of methoxy groups -OCH3 is 1. The second kappa shape index (κ2) is 9.03. The van der Waals surface area contributed by atoms with Crippen molar-refractivity contribution in [1.29, 1.82) is 0 Å². The zero-order chi connectivity index (χ0) is 20.9. The fraction of sp³-hybridized carbons (Fsp3) is 0.333. The topological polar surface area (TPSA) is 50.6 Å².